The molecule has 0 saturated carbocycles. The zero-order valence-corrected chi connectivity index (χ0v) is 13.2. The van der Waals surface area contributed by atoms with Gasteiger partial charge in [0.1, 0.15) is 5.75 Å². The third-order valence-corrected chi connectivity index (χ3v) is 3.92. The number of nitro groups is 1. The molecule has 0 amide bonds. The number of thiophene rings is 1. The molecule has 2 rings (SSSR count). The number of nitrogens with one attached hydrogen (secondary N) is 1. The van der Waals surface area contributed by atoms with Crippen LogP contribution in [0.5, 0.6) is 5.75 Å². The van der Waals surface area contributed by atoms with Gasteiger partial charge in [-0.2, -0.15) is 0 Å². The molecule has 1 heterocycles. The molecule has 1 N–H and O–H groups in total. The van der Waals surface area contributed by atoms with E-state index in [1.165, 1.54) is 6.07 Å². The molecule has 7 heteroatoms. The van der Waals surface area contributed by atoms with Crippen LogP contribution in [0.4, 0.5) is 10.7 Å². The Hall–Kier alpha value is -1.79. The molecule has 0 spiro atoms. The largest absolute Gasteiger partial charge is 0.489 e. The smallest absolute Gasteiger partial charge is 0.324 e. The second-order valence-corrected chi connectivity index (χ2v) is 6.22. The van der Waals surface area contributed by atoms with E-state index in [0.717, 1.165) is 21.9 Å². The van der Waals surface area contributed by atoms with Crippen molar-refractivity contribution in [2.24, 2.45) is 0 Å². The molecular formula is C14H15ClN2O3S. The molecule has 0 fully saturated rings. The highest BCUT2D eigenvalue weighted by atomic mass is 35.5. The third kappa shape index (κ3) is 4.34. The predicted molar refractivity (Wildman–Crippen MR) is 85.5 cm³/mol. The number of rotatable bonds is 6. The SMILES string of the molecule is CC(C)Oc1ccc(NCc2ccc([N+](=O)[O-])s2)cc1Cl. The molecule has 0 bridgehead atoms. The van der Waals surface area contributed by atoms with E-state index in [1.807, 2.05) is 26.0 Å². The zero-order chi connectivity index (χ0) is 15.4. The van der Waals surface area contributed by atoms with E-state index in [4.69, 9.17) is 16.3 Å². The van der Waals surface area contributed by atoms with Gasteiger partial charge in [0, 0.05) is 23.2 Å². The maximum absolute atomic E-state index is 10.6. The van der Waals surface area contributed by atoms with Crippen molar-refractivity contribution in [3.8, 4) is 5.75 Å². The summed E-state index contributed by atoms with van der Waals surface area (Å²) in [5, 5.41) is 14.5. The molecule has 21 heavy (non-hydrogen) atoms. The van der Waals surface area contributed by atoms with E-state index < -0.39 is 0 Å². The van der Waals surface area contributed by atoms with Gasteiger partial charge in [-0.1, -0.05) is 22.9 Å². The van der Waals surface area contributed by atoms with Crippen LogP contribution in [0, 0.1) is 10.1 Å². The summed E-state index contributed by atoms with van der Waals surface area (Å²) in [4.78, 5) is 11.1. The van der Waals surface area contributed by atoms with E-state index in [1.54, 1.807) is 12.1 Å². The average molecular weight is 327 g/mol. The summed E-state index contributed by atoms with van der Waals surface area (Å²) in [6, 6.07) is 8.70. The lowest BCUT2D eigenvalue weighted by molar-refractivity contribution is -0.380. The maximum Gasteiger partial charge on any atom is 0.324 e. The summed E-state index contributed by atoms with van der Waals surface area (Å²) in [7, 11) is 0. The lowest BCUT2D eigenvalue weighted by Crippen LogP contribution is -2.06. The summed E-state index contributed by atoms with van der Waals surface area (Å²) in [5.41, 5.74) is 0.840. The Morgan fingerprint density at radius 2 is 2.14 bits per heavy atom. The van der Waals surface area contributed by atoms with Crippen molar-refractivity contribution in [3.63, 3.8) is 0 Å². The fraction of sp³-hybridized carbons (Fsp3) is 0.286. The van der Waals surface area contributed by atoms with Gasteiger partial charge in [0.05, 0.1) is 16.0 Å². The standard InChI is InChI=1S/C14H15ClN2O3S/c1-9(2)20-13-5-3-10(7-12(13)15)16-8-11-4-6-14(21-11)17(18)19/h3-7,9,16H,8H2,1-2H3. The first-order chi connectivity index (χ1) is 9.95. The Balaban J connectivity index is 1.99. The van der Waals surface area contributed by atoms with Crippen LogP contribution in [0.25, 0.3) is 0 Å². The van der Waals surface area contributed by atoms with Crippen LogP contribution >= 0.6 is 22.9 Å². The molecule has 0 saturated heterocycles. The molecule has 0 radical (unpaired) electrons. The Morgan fingerprint density at radius 3 is 2.71 bits per heavy atom. The van der Waals surface area contributed by atoms with Crippen molar-refractivity contribution in [2.75, 3.05) is 5.32 Å². The second-order valence-electron chi connectivity index (χ2n) is 4.66. The minimum Gasteiger partial charge on any atom is -0.489 e. The molecule has 1 aromatic heterocycles. The van der Waals surface area contributed by atoms with Gasteiger partial charge >= 0.3 is 5.00 Å². The number of anilines is 1. The van der Waals surface area contributed by atoms with E-state index in [0.29, 0.717) is 17.3 Å². The quantitative estimate of drug-likeness (QED) is 0.616. The molecule has 0 unspecified atom stereocenters. The molecule has 1 aromatic carbocycles. The number of hydrogen-bond acceptors (Lipinski definition) is 5. The van der Waals surface area contributed by atoms with E-state index in [-0.39, 0.29) is 16.0 Å². The fourth-order valence-corrected chi connectivity index (χ4v) is 2.69. The Kier molecular flexibility index (Phi) is 5.03. The highest BCUT2D eigenvalue weighted by molar-refractivity contribution is 7.15. The summed E-state index contributed by atoms with van der Waals surface area (Å²) in [6.07, 6.45) is 0.0629. The van der Waals surface area contributed by atoms with Crippen molar-refractivity contribution < 1.29 is 9.66 Å². The summed E-state index contributed by atoms with van der Waals surface area (Å²) in [5.74, 6) is 0.643. The molecule has 2 aromatic rings. The molecule has 0 aliphatic carbocycles. The molecule has 0 aliphatic rings. The summed E-state index contributed by atoms with van der Waals surface area (Å²) in [6.45, 7) is 4.39. The molecular weight excluding hydrogens is 312 g/mol. The van der Waals surface area contributed by atoms with Crippen LogP contribution in [0.2, 0.25) is 5.02 Å². The summed E-state index contributed by atoms with van der Waals surface area (Å²) >= 11 is 7.31. The maximum atomic E-state index is 10.6. The third-order valence-electron chi connectivity index (χ3n) is 2.59. The van der Waals surface area contributed by atoms with Gasteiger partial charge in [0.15, 0.2) is 0 Å². The number of halogens is 1. The van der Waals surface area contributed by atoms with Crippen molar-refractivity contribution in [1.29, 1.82) is 0 Å². The Bertz CT molecular complexity index is 643. The number of benzene rings is 1. The van der Waals surface area contributed by atoms with E-state index in [9.17, 15) is 10.1 Å². The predicted octanol–water partition coefficient (Wildman–Crippen LogP) is 4.71. The van der Waals surface area contributed by atoms with Crippen molar-refractivity contribution >= 4 is 33.6 Å². The minimum absolute atomic E-state index is 0.0629. The Labute approximate surface area is 131 Å². The fourth-order valence-electron chi connectivity index (χ4n) is 1.71. The van der Waals surface area contributed by atoms with E-state index in [2.05, 4.69) is 5.32 Å². The average Bonchev–Trinajstić information content (AvgIpc) is 2.88. The molecule has 112 valence electrons. The van der Waals surface area contributed by atoms with Gasteiger partial charge in [0.25, 0.3) is 0 Å². The van der Waals surface area contributed by atoms with Crippen LogP contribution in [-0.4, -0.2) is 11.0 Å². The lowest BCUT2D eigenvalue weighted by atomic mass is 10.3. The number of hydrogen-bond donors (Lipinski definition) is 1. The van der Waals surface area contributed by atoms with E-state index >= 15 is 0 Å². The highest BCUT2D eigenvalue weighted by Crippen LogP contribution is 2.29. The van der Waals surface area contributed by atoms with Crippen LogP contribution < -0.4 is 10.1 Å². The number of nitrogens with zero attached hydrogens (tertiary/aromatic N) is 1. The molecule has 5 nitrogen and oxygen atoms in total. The van der Waals surface area contributed by atoms with Crippen molar-refractivity contribution in [1.82, 2.24) is 0 Å². The van der Waals surface area contributed by atoms with Gasteiger partial charge in [0.2, 0.25) is 0 Å². The zero-order valence-electron chi connectivity index (χ0n) is 11.6. The van der Waals surface area contributed by atoms with Gasteiger partial charge in [-0.3, -0.25) is 10.1 Å². The monoisotopic (exact) mass is 326 g/mol. The van der Waals surface area contributed by atoms with Crippen LogP contribution in [0.3, 0.4) is 0 Å². The van der Waals surface area contributed by atoms with Crippen LogP contribution in [0.1, 0.15) is 18.7 Å². The normalized spacial score (nSPS) is 10.7. The lowest BCUT2D eigenvalue weighted by Gasteiger charge is -2.12. The topological polar surface area (TPSA) is 64.4 Å². The first-order valence-corrected chi connectivity index (χ1v) is 7.58. The van der Waals surface area contributed by atoms with Gasteiger partial charge in [-0.25, -0.2) is 0 Å². The van der Waals surface area contributed by atoms with Gasteiger partial charge < -0.3 is 10.1 Å². The van der Waals surface area contributed by atoms with Gasteiger partial charge in [-0.05, 0) is 38.1 Å². The van der Waals surface area contributed by atoms with Crippen molar-refractivity contribution in [2.45, 2.75) is 26.5 Å². The highest BCUT2D eigenvalue weighted by Gasteiger charge is 2.10. The Morgan fingerprint density at radius 1 is 1.38 bits per heavy atom. The second kappa shape index (κ2) is 6.78. The summed E-state index contributed by atoms with van der Waals surface area (Å²) < 4.78 is 5.56. The minimum atomic E-state index is -0.386. The van der Waals surface area contributed by atoms with Gasteiger partial charge in [-0.15, -0.1) is 0 Å². The van der Waals surface area contributed by atoms with Crippen LogP contribution in [0.15, 0.2) is 30.3 Å². The molecule has 0 aliphatic heterocycles. The van der Waals surface area contributed by atoms with Crippen molar-refractivity contribution in [3.05, 3.63) is 50.3 Å². The number of ether oxygens (including phenoxy) is 1. The first-order valence-electron chi connectivity index (χ1n) is 6.39. The molecule has 0 atom stereocenters. The van der Waals surface area contributed by atoms with Crippen LogP contribution in [-0.2, 0) is 6.54 Å². The first kappa shape index (κ1) is 15.6.